The molecule has 5 nitrogen and oxygen atoms in total. The van der Waals surface area contributed by atoms with Gasteiger partial charge >= 0.3 is 5.97 Å². The summed E-state index contributed by atoms with van der Waals surface area (Å²) in [6, 6.07) is 17.2. The van der Waals surface area contributed by atoms with Gasteiger partial charge in [-0.05, 0) is 36.1 Å². The summed E-state index contributed by atoms with van der Waals surface area (Å²) in [5, 5.41) is 8.38. The Morgan fingerprint density at radius 2 is 2.00 bits per heavy atom. The first kappa shape index (κ1) is 17.2. The second-order valence-corrected chi connectivity index (χ2v) is 6.72. The number of hydrogen-bond acceptors (Lipinski definition) is 5. The van der Waals surface area contributed by atoms with Crippen LogP contribution in [0.15, 0.2) is 64.8 Å². The molecule has 2 N–H and O–H groups in total. The molecule has 0 unspecified atom stereocenters. The van der Waals surface area contributed by atoms with Crippen molar-refractivity contribution in [2.24, 2.45) is 21.9 Å². The average Bonchev–Trinajstić information content (AvgIpc) is 3.46. The predicted molar refractivity (Wildman–Crippen MR) is 102 cm³/mol. The van der Waals surface area contributed by atoms with Gasteiger partial charge in [-0.1, -0.05) is 54.2 Å². The standard InChI is InChI=1S/C19H19N3O2S/c20-19(25-13-14-5-2-1-3-6-14)22-21-12-15-7-4-8-17(11-15)24-18(23)16-9-10-16/h1-8,11-12,16H,9-10,13H2,(H2,20,22). The number of hydrogen-bond donors (Lipinski definition) is 1. The minimum atomic E-state index is -0.159. The number of nitrogens with two attached hydrogens (primary N) is 1. The van der Waals surface area contributed by atoms with Crippen LogP contribution in [0.3, 0.4) is 0 Å². The Labute approximate surface area is 151 Å². The molecular weight excluding hydrogens is 334 g/mol. The third kappa shape index (κ3) is 5.76. The van der Waals surface area contributed by atoms with Crippen LogP contribution >= 0.6 is 11.8 Å². The number of carbonyl (C=O) groups excluding carboxylic acids is 1. The maximum atomic E-state index is 11.7. The van der Waals surface area contributed by atoms with Gasteiger partial charge in [-0.2, -0.15) is 5.10 Å². The van der Waals surface area contributed by atoms with Crippen molar-refractivity contribution in [2.75, 3.05) is 0 Å². The van der Waals surface area contributed by atoms with Gasteiger partial charge in [0.2, 0.25) is 0 Å². The molecule has 0 radical (unpaired) electrons. The Bertz CT molecular complexity index is 786. The number of rotatable bonds is 6. The van der Waals surface area contributed by atoms with E-state index in [1.807, 2.05) is 42.5 Å². The van der Waals surface area contributed by atoms with E-state index in [2.05, 4.69) is 10.2 Å². The van der Waals surface area contributed by atoms with Gasteiger partial charge in [-0.3, -0.25) is 4.79 Å². The summed E-state index contributed by atoms with van der Waals surface area (Å²) >= 11 is 1.43. The van der Waals surface area contributed by atoms with Crippen LogP contribution in [0.1, 0.15) is 24.0 Å². The summed E-state index contributed by atoms with van der Waals surface area (Å²) in [5.74, 6) is 1.19. The first-order valence-corrected chi connectivity index (χ1v) is 9.04. The van der Waals surface area contributed by atoms with Crippen LogP contribution in [0.5, 0.6) is 5.75 Å². The van der Waals surface area contributed by atoms with E-state index >= 15 is 0 Å². The molecule has 1 aliphatic carbocycles. The maximum absolute atomic E-state index is 11.7. The van der Waals surface area contributed by atoms with Crippen molar-refractivity contribution in [3.8, 4) is 5.75 Å². The topological polar surface area (TPSA) is 77.0 Å². The van der Waals surface area contributed by atoms with Crippen molar-refractivity contribution in [3.05, 3.63) is 65.7 Å². The number of carbonyl (C=O) groups is 1. The molecule has 0 aromatic heterocycles. The smallest absolute Gasteiger partial charge is 0.314 e. The molecule has 25 heavy (non-hydrogen) atoms. The van der Waals surface area contributed by atoms with Crippen LogP contribution in [-0.4, -0.2) is 17.4 Å². The van der Waals surface area contributed by atoms with Gasteiger partial charge in [0.25, 0.3) is 0 Å². The van der Waals surface area contributed by atoms with Crippen molar-refractivity contribution >= 4 is 29.1 Å². The largest absolute Gasteiger partial charge is 0.426 e. The lowest BCUT2D eigenvalue weighted by molar-refractivity contribution is -0.135. The Kier molecular flexibility index (Phi) is 5.85. The minimum Gasteiger partial charge on any atom is -0.426 e. The average molecular weight is 353 g/mol. The Hall–Kier alpha value is -2.60. The van der Waals surface area contributed by atoms with Crippen LogP contribution in [0.4, 0.5) is 0 Å². The number of thioether (sulfide) groups is 1. The number of benzene rings is 2. The third-order valence-corrected chi connectivity index (χ3v) is 4.43. The number of amidine groups is 1. The lowest BCUT2D eigenvalue weighted by Crippen LogP contribution is -2.09. The number of ether oxygens (including phenoxy) is 1. The van der Waals surface area contributed by atoms with Gasteiger partial charge in [-0.25, -0.2) is 0 Å². The highest BCUT2D eigenvalue weighted by Gasteiger charge is 2.31. The molecule has 2 aromatic carbocycles. The summed E-state index contributed by atoms with van der Waals surface area (Å²) in [6.07, 6.45) is 3.44. The lowest BCUT2D eigenvalue weighted by atomic mass is 10.2. The van der Waals surface area contributed by atoms with Crippen LogP contribution in [0.25, 0.3) is 0 Å². The zero-order valence-corrected chi connectivity index (χ0v) is 14.5. The normalized spacial score (nSPS) is 14.6. The molecule has 128 valence electrons. The fraction of sp³-hybridized carbons (Fsp3) is 0.211. The summed E-state index contributed by atoms with van der Waals surface area (Å²) < 4.78 is 5.33. The molecule has 0 bridgehead atoms. The van der Waals surface area contributed by atoms with E-state index in [1.54, 1.807) is 18.3 Å². The van der Waals surface area contributed by atoms with Gasteiger partial charge in [0, 0.05) is 5.75 Å². The highest BCUT2D eigenvalue weighted by Crippen LogP contribution is 2.30. The van der Waals surface area contributed by atoms with E-state index in [4.69, 9.17) is 10.5 Å². The maximum Gasteiger partial charge on any atom is 0.314 e. The Morgan fingerprint density at radius 1 is 1.20 bits per heavy atom. The summed E-state index contributed by atoms with van der Waals surface area (Å²) in [7, 11) is 0. The summed E-state index contributed by atoms with van der Waals surface area (Å²) in [4.78, 5) is 11.7. The molecular formula is C19H19N3O2S. The molecule has 2 aromatic rings. The SMILES string of the molecule is NC(=NN=Cc1cccc(OC(=O)C2CC2)c1)SCc1ccccc1. The molecule has 0 saturated heterocycles. The molecule has 0 heterocycles. The fourth-order valence-electron chi connectivity index (χ4n) is 2.09. The summed E-state index contributed by atoms with van der Waals surface area (Å²) in [6.45, 7) is 0. The van der Waals surface area contributed by atoms with E-state index < -0.39 is 0 Å². The Morgan fingerprint density at radius 3 is 2.76 bits per heavy atom. The van der Waals surface area contributed by atoms with Crippen molar-refractivity contribution in [1.82, 2.24) is 0 Å². The zero-order chi connectivity index (χ0) is 17.5. The fourth-order valence-corrected chi connectivity index (χ4v) is 2.70. The van der Waals surface area contributed by atoms with E-state index in [0.29, 0.717) is 10.9 Å². The number of nitrogens with zero attached hydrogens (tertiary/aromatic N) is 2. The molecule has 0 amide bonds. The van der Waals surface area contributed by atoms with Crippen molar-refractivity contribution < 1.29 is 9.53 Å². The summed E-state index contributed by atoms with van der Waals surface area (Å²) in [5.41, 5.74) is 7.83. The quantitative estimate of drug-likeness (QED) is 0.283. The van der Waals surface area contributed by atoms with E-state index in [1.165, 1.54) is 17.3 Å². The molecule has 0 atom stereocenters. The van der Waals surface area contributed by atoms with Gasteiger partial charge in [0.05, 0.1) is 12.1 Å². The first-order chi connectivity index (χ1) is 12.2. The van der Waals surface area contributed by atoms with Crippen LogP contribution < -0.4 is 10.5 Å². The zero-order valence-electron chi connectivity index (χ0n) is 13.7. The van der Waals surface area contributed by atoms with E-state index in [-0.39, 0.29) is 11.9 Å². The highest BCUT2D eigenvalue weighted by atomic mass is 32.2. The van der Waals surface area contributed by atoms with Crippen molar-refractivity contribution in [1.29, 1.82) is 0 Å². The highest BCUT2D eigenvalue weighted by molar-refractivity contribution is 8.13. The van der Waals surface area contributed by atoms with Gasteiger partial charge in [0.15, 0.2) is 5.17 Å². The van der Waals surface area contributed by atoms with E-state index in [9.17, 15) is 4.79 Å². The molecule has 1 saturated carbocycles. The van der Waals surface area contributed by atoms with Crippen molar-refractivity contribution in [3.63, 3.8) is 0 Å². The lowest BCUT2D eigenvalue weighted by Gasteiger charge is -2.03. The van der Waals surface area contributed by atoms with Gasteiger partial charge in [-0.15, -0.1) is 5.10 Å². The van der Waals surface area contributed by atoms with Crippen molar-refractivity contribution in [2.45, 2.75) is 18.6 Å². The molecule has 0 spiro atoms. The predicted octanol–water partition coefficient (Wildman–Crippen LogP) is 3.58. The molecule has 6 heteroatoms. The number of esters is 1. The second kappa shape index (κ2) is 8.48. The van der Waals surface area contributed by atoms with Gasteiger partial charge in [0.1, 0.15) is 5.75 Å². The second-order valence-electron chi connectivity index (χ2n) is 5.72. The first-order valence-electron chi connectivity index (χ1n) is 8.06. The van der Waals surface area contributed by atoms with Crippen LogP contribution in [-0.2, 0) is 10.5 Å². The minimum absolute atomic E-state index is 0.0726. The Balaban J connectivity index is 1.52. The monoisotopic (exact) mass is 353 g/mol. The molecule has 0 aliphatic heterocycles. The molecule has 1 aliphatic rings. The molecule has 3 rings (SSSR count). The van der Waals surface area contributed by atoms with Gasteiger partial charge < -0.3 is 10.5 Å². The van der Waals surface area contributed by atoms with E-state index in [0.717, 1.165) is 24.2 Å². The third-order valence-electron chi connectivity index (χ3n) is 3.58. The van der Waals surface area contributed by atoms with Crippen LogP contribution in [0, 0.1) is 5.92 Å². The molecule has 1 fully saturated rings. The van der Waals surface area contributed by atoms with Crippen LogP contribution in [0.2, 0.25) is 0 Å².